The molecule has 22 heavy (non-hydrogen) atoms. The highest BCUT2D eigenvalue weighted by Gasteiger charge is 2.36. The van der Waals surface area contributed by atoms with E-state index in [2.05, 4.69) is 5.32 Å². The van der Waals surface area contributed by atoms with Crippen LogP contribution >= 0.6 is 0 Å². The third-order valence-electron chi connectivity index (χ3n) is 4.43. The van der Waals surface area contributed by atoms with Gasteiger partial charge in [-0.25, -0.2) is 0 Å². The number of ketones is 1. The fourth-order valence-corrected chi connectivity index (χ4v) is 3.42. The number of hydrogen-bond donors (Lipinski definition) is 1. The molecule has 0 spiro atoms. The number of carbonyl (C=O) groups is 1. The molecule has 0 aromatic heterocycles. The van der Waals surface area contributed by atoms with Crippen molar-refractivity contribution < 1.29 is 22.7 Å². The van der Waals surface area contributed by atoms with Crippen molar-refractivity contribution in [1.29, 1.82) is 0 Å². The number of morpholine rings is 1. The summed E-state index contributed by atoms with van der Waals surface area (Å²) in [6.45, 7) is 2.57. The van der Waals surface area contributed by atoms with Crippen LogP contribution in [0.15, 0.2) is 18.2 Å². The molecule has 1 aromatic carbocycles. The highest BCUT2D eigenvalue weighted by Crippen LogP contribution is 2.33. The third-order valence-corrected chi connectivity index (χ3v) is 4.43. The molecule has 2 unspecified atom stereocenters. The van der Waals surface area contributed by atoms with E-state index in [1.165, 1.54) is 19.1 Å². The average molecular weight is 313 g/mol. The van der Waals surface area contributed by atoms with Crippen LogP contribution in [0.4, 0.5) is 13.2 Å². The van der Waals surface area contributed by atoms with Crippen molar-refractivity contribution >= 4 is 5.78 Å². The lowest BCUT2D eigenvalue weighted by Gasteiger charge is -2.39. The molecule has 3 nitrogen and oxygen atoms in total. The summed E-state index contributed by atoms with van der Waals surface area (Å²) in [5.74, 6) is -0.202. The zero-order valence-electron chi connectivity index (χ0n) is 12.2. The molecule has 2 bridgehead atoms. The van der Waals surface area contributed by atoms with Gasteiger partial charge in [-0.05, 0) is 37.5 Å². The minimum Gasteiger partial charge on any atom is -0.378 e. The lowest BCUT2D eigenvalue weighted by molar-refractivity contribution is -0.138. The molecule has 2 aliphatic heterocycles. The largest absolute Gasteiger partial charge is 0.416 e. The van der Waals surface area contributed by atoms with Crippen molar-refractivity contribution in [2.45, 2.75) is 38.0 Å². The molecule has 1 aromatic rings. The zero-order chi connectivity index (χ0) is 15.9. The number of fused-ring (bicyclic) bond motifs is 2. The molecule has 3 rings (SSSR count). The quantitative estimate of drug-likeness (QED) is 0.853. The first-order valence-corrected chi connectivity index (χ1v) is 7.40. The molecule has 0 aliphatic carbocycles. The van der Waals surface area contributed by atoms with Crippen LogP contribution in [0, 0.1) is 12.8 Å². The topological polar surface area (TPSA) is 38.3 Å². The summed E-state index contributed by atoms with van der Waals surface area (Å²) < 4.78 is 43.8. The van der Waals surface area contributed by atoms with Crippen LogP contribution in [0.3, 0.4) is 0 Å². The minimum atomic E-state index is -4.38. The lowest BCUT2D eigenvalue weighted by atomic mass is 9.81. The monoisotopic (exact) mass is 313 g/mol. The number of aryl methyl sites for hydroxylation is 1. The maximum atomic E-state index is 12.8. The van der Waals surface area contributed by atoms with E-state index in [4.69, 9.17) is 4.74 Å². The average Bonchev–Trinajstić information content (AvgIpc) is 2.44. The third kappa shape index (κ3) is 3.03. The minimum absolute atomic E-state index is 0.0600. The zero-order valence-corrected chi connectivity index (χ0v) is 12.2. The first kappa shape index (κ1) is 15.5. The van der Waals surface area contributed by atoms with Crippen LogP contribution in [0.25, 0.3) is 0 Å². The van der Waals surface area contributed by atoms with Crippen LogP contribution in [0.5, 0.6) is 0 Å². The maximum Gasteiger partial charge on any atom is 0.416 e. The first-order chi connectivity index (χ1) is 10.3. The second-order valence-electron chi connectivity index (χ2n) is 6.16. The Kier molecular flexibility index (Phi) is 3.99. The van der Waals surface area contributed by atoms with E-state index in [-0.39, 0.29) is 29.3 Å². The van der Waals surface area contributed by atoms with E-state index in [9.17, 15) is 18.0 Å². The summed E-state index contributed by atoms with van der Waals surface area (Å²) >= 11 is 0. The molecule has 0 saturated carbocycles. The van der Waals surface area contributed by atoms with Crippen LogP contribution in [-0.4, -0.2) is 31.1 Å². The fraction of sp³-hybridized carbons (Fsp3) is 0.562. The number of nitrogens with one attached hydrogen (secondary N) is 1. The van der Waals surface area contributed by atoms with Gasteiger partial charge in [0.05, 0.1) is 18.8 Å². The molecule has 2 atom stereocenters. The van der Waals surface area contributed by atoms with Gasteiger partial charge in [-0.2, -0.15) is 13.2 Å². The van der Waals surface area contributed by atoms with Gasteiger partial charge in [0.25, 0.3) is 0 Å². The number of Topliss-reactive ketones (excluding diaryl/α,β-unsaturated/α-hetero) is 1. The van der Waals surface area contributed by atoms with Crippen molar-refractivity contribution in [3.63, 3.8) is 0 Å². The number of alkyl halides is 3. The Morgan fingerprint density at radius 3 is 2.41 bits per heavy atom. The smallest absolute Gasteiger partial charge is 0.378 e. The van der Waals surface area contributed by atoms with Crippen molar-refractivity contribution in [3.8, 4) is 0 Å². The van der Waals surface area contributed by atoms with Gasteiger partial charge in [-0.15, -0.1) is 0 Å². The number of piperidine rings is 1. The van der Waals surface area contributed by atoms with Gasteiger partial charge >= 0.3 is 6.18 Å². The molecule has 2 aliphatic rings. The highest BCUT2D eigenvalue weighted by atomic mass is 19.4. The summed E-state index contributed by atoms with van der Waals surface area (Å²) in [4.78, 5) is 12.6. The second-order valence-corrected chi connectivity index (χ2v) is 6.16. The Morgan fingerprint density at radius 1 is 1.23 bits per heavy atom. The molecule has 2 heterocycles. The molecule has 6 heteroatoms. The van der Waals surface area contributed by atoms with Crippen molar-refractivity contribution in [1.82, 2.24) is 5.32 Å². The van der Waals surface area contributed by atoms with Crippen molar-refractivity contribution in [2.24, 2.45) is 5.92 Å². The molecule has 0 amide bonds. The lowest BCUT2D eigenvalue weighted by Crippen LogP contribution is -2.55. The van der Waals surface area contributed by atoms with E-state index >= 15 is 0 Å². The number of carbonyl (C=O) groups excluding carboxylic acids is 1. The molecule has 2 fully saturated rings. The van der Waals surface area contributed by atoms with Gasteiger partial charge in [0.1, 0.15) is 0 Å². The maximum absolute atomic E-state index is 12.8. The number of ether oxygens (including phenoxy) is 1. The number of rotatable bonds is 2. The number of hydrogen-bond acceptors (Lipinski definition) is 3. The summed E-state index contributed by atoms with van der Waals surface area (Å²) in [7, 11) is 0. The number of benzene rings is 1. The molecule has 120 valence electrons. The van der Waals surface area contributed by atoms with Crippen LogP contribution in [-0.2, 0) is 10.9 Å². The van der Waals surface area contributed by atoms with Gasteiger partial charge in [0.2, 0.25) is 0 Å². The molecular formula is C16H18F3NO2. The Labute approximate surface area is 126 Å². The summed E-state index contributed by atoms with van der Waals surface area (Å²) in [5, 5.41) is 3.40. The summed E-state index contributed by atoms with van der Waals surface area (Å²) in [6, 6.07) is 3.99. The summed E-state index contributed by atoms with van der Waals surface area (Å²) in [5.41, 5.74) is -0.216. The normalized spacial score (nSPS) is 28.5. The number of halogens is 3. The Morgan fingerprint density at radius 2 is 1.86 bits per heavy atom. The van der Waals surface area contributed by atoms with E-state index in [1.54, 1.807) is 0 Å². The SMILES string of the molecule is Cc1cc(C(=O)C2CC3COCC(C2)N3)ccc1C(F)(F)F. The van der Waals surface area contributed by atoms with E-state index < -0.39 is 11.7 Å². The Hall–Kier alpha value is -1.40. The van der Waals surface area contributed by atoms with E-state index in [1.807, 2.05) is 0 Å². The molecule has 0 radical (unpaired) electrons. The van der Waals surface area contributed by atoms with E-state index in [0.29, 0.717) is 31.6 Å². The highest BCUT2D eigenvalue weighted by molar-refractivity contribution is 5.98. The van der Waals surface area contributed by atoms with E-state index in [0.717, 1.165) is 6.07 Å². The second kappa shape index (κ2) is 5.66. The van der Waals surface area contributed by atoms with Gasteiger partial charge in [-0.3, -0.25) is 4.79 Å². The predicted octanol–water partition coefficient (Wildman–Crippen LogP) is 2.96. The Balaban J connectivity index is 1.79. The van der Waals surface area contributed by atoms with Gasteiger partial charge < -0.3 is 10.1 Å². The fourth-order valence-electron chi connectivity index (χ4n) is 3.42. The molecular weight excluding hydrogens is 295 g/mol. The summed E-state index contributed by atoms with van der Waals surface area (Å²) in [6.07, 6.45) is -3.03. The van der Waals surface area contributed by atoms with Gasteiger partial charge in [-0.1, -0.05) is 6.07 Å². The predicted molar refractivity (Wildman–Crippen MR) is 74.8 cm³/mol. The van der Waals surface area contributed by atoms with Gasteiger partial charge in [0.15, 0.2) is 5.78 Å². The van der Waals surface area contributed by atoms with Crippen LogP contribution in [0.1, 0.15) is 34.3 Å². The van der Waals surface area contributed by atoms with Gasteiger partial charge in [0, 0.05) is 23.6 Å². The van der Waals surface area contributed by atoms with Crippen molar-refractivity contribution in [2.75, 3.05) is 13.2 Å². The van der Waals surface area contributed by atoms with Crippen LogP contribution < -0.4 is 5.32 Å². The first-order valence-electron chi connectivity index (χ1n) is 7.40. The Bertz CT molecular complexity index is 573. The molecule has 2 saturated heterocycles. The van der Waals surface area contributed by atoms with Crippen LogP contribution in [0.2, 0.25) is 0 Å². The standard InChI is InChI=1S/C16H18F3NO2/c1-9-4-10(2-3-14(9)16(17,18)19)15(21)11-5-12-7-22-8-13(6-11)20-12/h2-4,11-13,20H,5-8H2,1H3. The molecule has 1 N–H and O–H groups in total. The van der Waals surface area contributed by atoms with Crippen molar-refractivity contribution in [3.05, 3.63) is 34.9 Å².